The van der Waals surface area contributed by atoms with Gasteiger partial charge in [0, 0.05) is 30.1 Å². The number of ether oxygens (including phenoxy) is 4. The fourth-order valence-electron chi connectivity index (χ4n) is 3.59. The molecule has 0 fully saturated rings. The highest BCUT2D eigenvalue weighted by Gasteiger charge is 2.19. The number of rotatable bonds is 13. The Morgan fingerprint density at radius 1 is 1.03 bits per heavy atom. The van der Waals surface area contributed by atoms with Crippen molar-refractivity contribution in [3.63, 3.8) is 0 Å². The van der Waals surface area contributed by atoms with Gasteiger partial charge in [0.1, 0.15) is 0 Å². The van der Waals surface area contributed by atoms with E-state index in [2.05, 4.69) is 30.1 Å². The minimum Gasteiger partial charge on any atom is -0.493 e. The molecule has 210 valence electrons. The second-order valence-corrected chi connectivity index (χ2v) is 9.94. The molecule has 0 atom stereocenters. The summed E-state index contributed by atoms with van der Waals surface area (Å²) in [6.07, 6.45) is 0.874. The molecule has 0 bridgehead atoms. The summed E-state index contributed by atoms with van der Waals surface area (Å²) in [5.41, 5.74) is 1.89. The van der Waals surface area contributed by atoms with Crippen molar-refractivity contribution < 1.29 is 36.6 Å². The summed E-state index contributed by atoms with van der Waals surface area (Å²) in [5, 5.41) is 5.85. The third kappa shape index (κ3) is 7.67. The summed E-state index contributed by atoms with van der Waals surface area (Å²) < 4.78 is 63.0. The molecule has 3 N–H and O–H groups in total. The van der Waals surface area contributed by atoms with Gasteiger partial charge in [-0.3, -0.25) is 4.79 Å². The van der Waals surface area contributed by atoms with Crippen LogP contribution in [0.2, 0.25) is 0 Å². The first-order valence-corrected chi connectivity index (χ1v) is 13.2. The van der Waals surface area contributed by atoms with Gasteiger partial charge in [0.05, 0.1) is 46.8 Å². The van der Waals surface area contributed by atoms with Crippen molar-refractivity contribution in [2.45, 2.75) is 19.1 Å². The molecular formula is C25H30FN5O7S. The number of methoxy groups -OCH3 is 4. The molecular weight excluding hydrogens is 533 g/mol. The number of esters is 1. The number of carbonyl (C=O) groups excluding carboxylic acids is 1. The number of hydrogen-bond donors (Lipinski definition) is 3. The fourth-order valence-corrected chi connectivity index (χ4v) is 4.87. The highest BCUT2D eigenvalue weighted by Crippen LogP contribution is 2.40. The van der Waals surface area contributed by atoms with Crippen LogP contribution >= 0.6 is 0 Å². The Morgan fingerprint density at radius 3 is 2.33 bits per heavy atom. The first-order chi connectivity index (χ1) is 18.6. The molecule has 12 nitrogen and oxygen atoms in total. The molecule has 0 aliphatic carbocycles. The summed E-state index contributed by atoms with van der Waals surface area (Å²) in [6.45, 7) is 1.62. The first-order valence-electron chi connectivity index (χ1n) is 11.6. The van der Waals surface area contributed by atoms with Gasteiger partial charge in [0.25, 0.3) is 0 Å². The number of aryl methyl sites for hydroxylation is 1. The van der Waals surface area contributed by atoms with Gasteiger partial charge in [-0.25, -0.2) is 22.5 Å². The van der Waals surface area contributed by atoms with Crippen LogP contribution < -0.4 is 29.6 Å². The third-order valence-electron chi connectivity index (χ3n) is 5.54. The number of aromatic nitrogens is 2. The van der Waals surface area contributed by atoms with Crippen LogP contribution in [0.1, 0.15) is 17.5 Å². The Hall–Kier alpha value is -4.17. The van der Waals surface area contributed by atoms with Crippen LogP contribution in [-0.2, 0) is 25.3 Å². The van der Waals surface area contributed by atoms with Crippen LogP contribution in [0.5, 0.6) is 17.2 Å². The number of halogens is 1. The van der Waals surface area contributed by atoms with Gasteiger partial charge in [0.2, 0.25) is 21.7 Å². The zero-order valence-corrected chi connectivity index (χ0v) is 22.9. The van der Waals surface area contributed by atoms with Crippen LogP contribution in [0.15, 0.2) is 36.5 Å². The molecule has 0 saturated heterocycles. The maximum atomic E-state index is 14.7. The Bertz CT molecular complexity index is 1410. The first kappa shape index (κ1) is 29.4. The number of sulfonamides is 1. The molecule has 3 rings (SSSR count). The van der Waals surface area contributed by atoms with E-state index in [1.807, 2.05) is 0 Å². The lowest BCUT2D eigenvalue weighted by atomic mass is 10.1. The average Bonchev–Trinajstić information content (AvgIpc) is 2.91. The fraction of sp³-hybridized carbons (Fsp3) is 0.320. The number of hydrogen-bond acceptors (Lipinski definition) is 11. The molecule has 0 spiro atoms. The second kappa shape index (κ2) is 13.1. The standard InChI is InChI=1S/C25H30FN5O7S/c1-15-7-6-8-19(17(15)14-39(33,34)28-10-9-22(32)37-4)30-24-18(26)13-27-25(31-24)29-16-11-20(35-2)23(38-5)21(12-16)36-3/h6-8,11-13,28H,9-10,14H2,1-5H3,(H2,27,29,30,31). The van der Waals surface area contributed by atoms with Gasteiger partial charge in [-0.2, -0.15) is 4.98 Å². The molecule has 1 aromatic heterocycles. The lowest BCUT2D eigenvalue weighted by Crippen LogP contribution is -2.28. The highest BCUT2D eigenvalue weighted by atomic mass is 32.2. The highest BCUT2D eigenvalue weighted by molar-refractivity contribution is 7.88. The minimum absolute atomic E-state index is 0.0551. The van der Waals surface area contributed by atoms with Gasteiger partial charge in [-0.05, 0) is 24.1 Å². The molecule has 0 aliphatic heterocycles. The van der Waals surface area contributed by atoms with Crippen LogP contribution in [0.4, 0.5) is 27.5 Å². The second-order valence-electron chi connectivity index (χ2n) is 8.13. The zero-order valence-electron chi connectivity index (χ0n) is 22.1. The molecule has 3 aromatic rings. The molecule has 0 aliphatic rings. The summed E-state index contributed by atoms with van der Waals surface area (Å²) in [7, 11) is 1.84. The van der Waals surface area contributed by atoms with E-state index in [4.69, 9.17) is 14.2 Å². The van der Waals surface area contributed by atoms with Gasteiger partial charge in [-0.15, -0.1) is 0 Å². The van der Waals surface area contributed by atoms with Crippen molar-refractivity contribution in [2.24, 2.45) is 0 Å². The normalized spacial score (nSPS) is 11.0. The number of nitrogens with zero attached hydrogens (tertiary/aromatic N) is 2. The zero-order chi connectivity index (χ0) is 28.6. The van der Waals surface area contributed by atoms with E-state index in [0.29, 0.717) is 39.8 Å². The summed E-state index contributed by atoms with van der Waals surface area (Å²) in [6, 6.07) is 8.32. The molecule has 0 unspecified atom stereocenters. The number of anilines is 4. The van der Waals surface area contributed by atoms with Crippen LogP contribution in [0.3, 0.4) is 0 Å². The lowest BCUT2D eigenvalue weighted by Gasteiger charge is -2.16. The summed E-state index contributed by atoms with van der Waals surface area (Å²) >= 11 is 0. The van der Waals surface area contributed by atoms with E-state index in [9.17, 15) is 17.6 Å². The third-order valence-corrected chi connectivity index (χ3v) is 6.85. The van der Waals surface area contributed by atoms with E-state index in [-0.39, 0.29) is 24.7 Å². The van der Waals surface area contributed by atoms with Crippen LogP contribution in [-0.4, -0.2) is 59.3 Å². The largest absolute Gasteiger partial charge is 0.493 e. The predicted molar refractivity (Wildman–Crippen MR) is 143 cm³/mol. The Labute approximate surface area is 225 Å². The van der Waals surface area contributed by atoms with Crippen molar-refractivity contribution in [1.29, 1.82) is 0 Å². The van der Waals surface area contributed by atoms with Gasteiger partial charge < -0.3 is 29.6 Å². The van der Waals surface area contributed by atoms with Crippen molar-refractivity contribution in [3.05, 3.63) is 53.5 Å². The minimum atomic E-state index is -3.82. The van der Waals surface area contributed by atoms with Gasteiger partial charge in [0.15, 0.2) is 23.1 Å². The molecule has 0 amide bonds. The average molecular weight is 564 g/mol. The van der Waals surface area contributed by atoms with Crippen molar-refractivity contribution in [3.8, 4) is 17.2 Å². The predicted octanol–water partition coefficient (Wildman–Crippen LogP) is 3.42. The van der Waals surface area contributed by atoms with E-state index >= 15 is 0 Å². The maximum Gasteiger partial charge on any atom is 0.306 e. The van der Waals surface area contributed by atoms with E-state index in [0.717, 1.165) is 6.20 Å². The molecule has 1 heterocycles. The van der Waals surface area contributed by atoms with Crippen LogP contribution in [0, 0.1) is 12.7 Å². The summed E-state index contributed by atoms with van der Waals surface area (Å²) in [5.74, 6) is -0.636. The monoisotopic (exact) mass is 563 g/mol. The SMILES string of the molecule is COC(=O)CCNS(=O)(=O)Cc1c(C)cccc1Nc1nc(Nc2cc(OC)c(OC)c(OC)c2)ncc1F. The van der Waals surface area contributed by atoms with E-state index in [1.54, 1.807) is 37.3 Å². The quantitative estimate of drug-likeness (QED) is 0.263. The Balaban J connectivity index is 1.85. The van der Waals surface area contributed by atoms with Gasteiger partial charge in [-0.1, -0.05) is 12.1 Å². The Kier molecular flexibility index (Phi) is 9.84. The van der Waals surface area contributed by atoms with E-state index < -0.39 is 27.6 Å². The van der Waals surface area contributed by atoms with Gasteiger partial charge >= 0.3 is 5.97 Å². The lowest BCUT2D eigenvalue weighted by molar-refractivity contribution is -0.140. The van der Waals surface area contributed by atoms with E-state index in [1.165, 1.54) is 28.4 Å². The van der Waals surface area contributed by atoms with Crippen LogP contribution in [0.25, 0.3) is 0 Å². The maximum absolute atomic E-state index is 14.7. The molecule has 39 heavy (non-hydrogen) atoms. The topological polar surface area (TPSA) is 150 Å². The molecule has 0 radical (unpaired) electrons. The molecule has 0 saturated carbocycles. The van der Waals surface area contributed by atoms with Crippen molar-refractivity contribution in [1.82, 2.24) is 14.7 Å². The van der Waals surface area contributed by atoms with Crippen molar-refractivity contribution in [2.75, 3.05) is 45.6 Å². The van der Waals surface area contributed by atoms with Crippen molar-refractivity contribution >= 4 is 39.1 Å². The number of nitrogens with one attached hydrogen (secondary N) is 3. The molecule has 2 aromatic carbocycles. The Morgan fingerprint density at radius 2 is 1.72 bits per heavy atom. The number of benzene rings is 2. The smallest absolute Gasteiger partial charge is 0.306 e. The number of carbonyl (C=O) groups is 1. The molecule has 14 heteroatoms. The summed E-state index contributed by atoms with van der Waals surface area (Å²) in [4.78, 5) is 19.5.